The second-order valence-electron chi connectivity index (χ2n) is 16.3. The van der Waals surface area contributed by atoms with Gasteiger partial charge >= 0.3 is 0 Å². The minimum Gasteiger partial charge on any atom is -0.488 e. The predicted molar refractivity (Wildman–Crippen MR) is 258 cm³/mol. The number of carbonyl (C=O) groups is 3. The summed E-state index contributed by atoms with van der Waals surface area (Å²) in [6, 6.07) is 42.9. The lowest BCUT2D eigenvalue weighted by molar-refractivity contribution is -0.123. The third kappa shape index (κ3) is 11.8. The van der Waals surface area contributed by atoms with Gasteiger partial charge in [0.1, 0.15) is 53.8 Å². The highest BCUT2D eigenvalue weighted by molar-refractivity contribution is 5.81. The number of nitrogen functional groups attached to an aromatic ring is 1. The van der Waals surface area contributed by atoms with Crippen molar-refractivity contribution in [3.63, 3.8) is 0 Å². The fraction of sp³-hybridized carbons (Fsp3) is 0.250. The van der Waals surface area contributed by atoms with E-state index in [9.17, 15) is 24.9 Å². The second-order valence-corrected chi connectivity index (χ2v) is 16.3. The molecule has 0 spiro atoms. The number of piperidine rings is 2. The van der Waals surface area contributed by atoms with Gasteiger partial charge in [0.2, 0.25) is 17.7 Å². The third-order valence-electron chi connectivity index (χ3n) is 11.8. The first-order chi connectivity index (χ1) is 33.0. The van der Waals surface area contributed by atoms with E-state index in [4.69, 9.17) is 37.1 Å². The van der Waals surface area contributed by atoms with Crippen LogP contribution in [0.1, 0.15) is 47.9 Å². The summed E-state index contributed by atoms with van der Waals surface area (Å²) in [5.41, 5.74) is 29.0. The number of hydrogen-bond donors (Lipinski definition) is 4. The fourth-order valence-electron chi connectivity index (χ4n) is 8.19. The van der Waals surface area contributed by atoms with E-state index in [-0.39, 0.29) is 40.9 Å². The van der Waals surface area contributed by atoms with E-state index in [0.29, 0.717) is 105 Å². The van der Waals surface area contributed by atoms with E-state index >= 15 is 0 Å². The van der Waals surface area contributed by atoms with E-state index in [2.05, 4.69) is 27.0 Å². The lowest BCUT2D eigenvalue weighted by Gasteiger charge is -2.33. The molecule has 0 unspecified atom stereocenters. The van der Waals surface area contributed by atoms with Crippen molar-refractivity contribution in [3.05, 3.63) is 144 Å². The first kappa shape index (κ1) is 47.3. The molecule has 8 rings (SSSR count). The largest absolute Gasteiger partial charge is 0.488 e. The molecule has 0 radical (unpaired) electrons. The number of benzene rings is 4. The van der Waals surface area contributed by atoms with Crippen LogP contribution >= 0.6 is 0 Å². The lowest BCUT2D eigenvalue weighted by Crippen LogP contribution is -2.39. The molecule has 0 saturated carbocycles. The van der Waals surface area contributed by atoms with E-state index in [0.717, 1.165) is 22.4 Å². The van der Waals surface area contributed by atoms with Crippen LogP contribution in [0.15, 0.2) is 121 Å². The number of pyridine rings is 2. The van der Waals surface area contributed by atoms with Gasteiger partial charge in [0.05, 0.1) is 22.8 Å². The topological polar surface area (TPSA) is 263 Å². The minimum atomic E-state index is -0.679. The maximum atomic E-state index is 11.6. The first-order valence-corrected chi connectivity index (χ1v) is 22.2. The number of nitrogens with zero attached hydrogens (tertiary/aromatic N) is 6. The van der Waals surface area contributed by atoms with Gasteiger partial charge in [0.15, 0.2) is 6.61 Å². The lowest BCUT2D eigenvalue weighted by atomic mass is 9.95. The van der Waals surface area contributed by atoms with Crippen LogP contribution in [0.5, 0.6) is 17.4 Å². The molecule has 16 heteroatoms. The van der Waals surface area contributed by atoms with E-state index < -0.39 is 12.5 Å². The molecule has 8 N–H and O–H groups in total. The molecule has 68 heavy (non-hydrogen) atoms. The SMILES string of the molecule is N#Cc1c(N2CCC(C(N)=O)CC2)cc(-c2ccccc2OCc2ccccc2)nc1N.N#Cc1c(N2CCC(C(N)=O)CC2)cc(-c2ccccc2OCc2ccccc2)nc1OCC(N)=O. The van der Waals surface area contributed by atoms with Crippen molar-refractivity contribution < 1.29 is 28.6 Å². The zero-order valence-corrected chi connectivity index (χ0v) is 37.4. The number of rotatable bonds is 15. The summed E-state index contributed by atoms with van der Waals surface area (Å²) in [5, 5.41) is 19.7. The number of amides is 3. The Bertz CT molecular complexity index is 2810. The van der Waals surface area contributed by atoms with Crippen LogP contribution in [0.3, 0.4) is 0 Å². The molecule has 3 amide bonds. The van der Waals surface area contributed by atoms with Gasteiger partial charge in [0, 0.05) is 49.1 Å². The highest BCUT2D eigenvalue weighted by atomic mass is 16.5. The van der Waals surface area contributed by atoms with Gasteiger partial charge < -0.3 is 46.9 Å². The van der Waals surface area contributed by atoms with Crippen molar-refractivity contribution in [3.8, 4) is 52.0 Å². The molecule has 6 aromatic rings. The Hall–Kier alpha value is -8.63. The van der Waals surface area contributed by atoms with Crippen LogP contribution in [0.4, 0.5) is 17.2 Å². The predicted octanol–water partition coefficient (Wildman–Crippen LogP) is 6.25. The van der Waals surface area contributed by atoms with Gasteiger partial charge in [-0.05, 0) is 73.2 Å². The quantitative estimate of drug-likeness (QED) is 0.0889. The van der Waals surface area contributed by atoms with Gasteiger partial charge in [-0.3, -0.25) is 14.4 Å². The molecule has 2 saturated heterocycles. The van der Waals surface area contributed by atoms with Crippen molar-refractivity contribution in [1.29, 1.82) is 10.5 Å². The van der Waals surface area contributed by atoms with Crippen molar-refractivity contribution in [2.75, 3.05) is 48.3 Å². The van der Waals surface area contributed by atoms with Gasteiger partial charge in [-0.15, -0.1) is 0 Å². The van der Waals surface area contributed by atoms with Crippen molar-refractivity contribution >= 4 is 34.9 Å². The van der Waals surface area contributed by atoms with Crippen molar-refractivity contribution in [1.82, 2.24) is 9.97 Å². The van der Waals surface area contributed by atoms with E-state index in [1.54, 1.807) is 0 Å². The molecule has 0 atom stereocenters. The molecule has 4 aromatic carbocycles. The Morgan fingerprint density at radius 2 is 0.985 bits per heavy atom. The molecule has 2 aliphatic rings. The van der Waals surface area contributed by atoms with Crippen LogP contribution in [-0.4, -0.2) is 60.5 Å². The normalized spacial score (nSPS) is 13.8. The average molecular weight is 913 g/mol. The molecular weight excluding hydrogens is 861 g/mol. The summed E-state index contributed by atoms with van der Waals surface area (Å²) in [4.78, 5) is 47.7. The van der Waals surface area contributed by atoms with Gasteiger partial charge in [-0.25, -0.2) is 9.97 Å². The Morgan fingerprint density at radius 3 is 1.41 bits per heavy atom. The zero-order valence-electron chi connectivity index (χ0n) is 37.4. The number of carbonyl (C=O) groups excluding carboxylic acids is 3. The van der Waals surface area contributed by atoms with Crippen LogP contribution in [0.25, 0.3) is 22.5 Å². The Kier molecular flexibility index (Phi) is 15.7. The molecule has 2 fully saturated rings. The van der Waals surface area contributed by atoms with Crippen molar-refractivity contribution in [2.45, 2.75) is 38.9 Å². The van der Waals surface area contributed by atoms with Crippen LogP contribution < -0.4 is 46.9 Å². The Balaban J connectivity index is 0.000000203. The molecule has 0 aliphatic carbocycles. The number of aromatic nitrogens is 2. The highest BCUT2D eigenvalue weighted by Crippen LogP contribution is 2.39. The number of anilines is 3. The average Bonchev–Trinajstić information content (AvgIpc) is 3.37. The van der Waals surface area contributed by atoms with E-state index in [1.807, 2.05) is 126 Å². The molecule has 346 valence electrons. The summed E-state index contributed by atoms with van der Waals surface area (Å²) in [6.45, 7) is 2.69. The zero-order chi connectivity index (χ0) is 48.0. The van der Waals surface area contributed by atoms with Crippen LogP contribution in [0, 0.1) is 34.5 Å². The monoisotopic (exact) mass is 912 g/mol. The summed E-state index contributed by atoms with van der Waals surface area (Å²) in [6.07, 6.45) is 2.45. The molecule has 2 aliphatic heterocycles. The second kappa shape index (κ2) is 22.5. The highest BCUT2D eigenvalue weighted by Gasteiger charge is 2.29. The number of para-hydroxylation sites is 2. The standard InChI is InChI=1S/C27H27N5O4.C25H25N5O2/c28-15-21-23(32-12-10-19(11-13-32)26(30)34)14-22(31-27(21)36-17-25(29)33)20-8-4-5-9-24(20)35-16-18-6-2-1-3-7-18;26-15-20-22(30-12-10-18(11-13-30)25(28)31)14-21(29-24(20)27)19-8-4-5-9-23(19)32-16-17-6-2-1-3-7-17/h1-9,14,19H,10-13,16-17H2,(H2,29,33)(H2,30,34);1-9,14,18H,10-13,16H2,(H2,27,29)(H2,28,31). The van der Waals surface area contributed by atoms with Crippen LogP contribution in [-0.2, 0) is 27.6 Å². The summed E-state index contributed by atoms with van der Waals surface area (Å²) in [7, 11) is 0. The molecule has 2 aromatic heterocycles. The Labute approximate surface area is 394 Å². The summed E-state index contributed by atoms with van der Waals surface area (Å²) in [5.74, 6) is -0.127. The molecule has 0 bridgehead atoms. The van der Waals surface area contributed by atoms with Gasteiger partial charge in [0.25, 0.3) is 5.91 Å². The summed E-state index contributed by atoms with van der Waals surface area (Å²) < 4.78 is 17.8. The van der Waals surface area contributed by atoms with Crippen LogP contribution in [0.2, 0.25) is 0 Å². The van der Waals surface area contributed by atoms with Gasteiger partial charge in [-0.1, -0.05) is 84.9 Å². The molecular formula is C52H52N10O6. The first-order valence-electron chi connectivity index (χ1n) is 22.2. The van der Waals surface area contributed by atoms with Gasteiger partial charge in [-0.2, -0.15) is 10.5 Å². The maximum Gasteiger partial charge on any atom is 0.255 e. The number of nitriles is 2. The summed E-state index contributed by atoms with van der Waals surface area (Å²) >= 11 is 0. The number of primary amides is 3. The maximum absolute atomic E-state index is 11.6. The molecule has 4 heterocycles. The minimum absolute atomic E-state index is 0.0127. The molecule has 16 nitrogen and oxygen atoms in total. The Morgan fingerprint density at radius 1 is 0.574 bits per heavy atom. The smallest absolute Gasteiger partial charge is 0.255 e. The van der Waals surface area contributed by atoms with Crippen molar-refractivity contribution in [2.24, 2.45) is 29.0 Å². The number of ether oxygens (including phenoxy) is 3. The number of hydrogen-bond acceptors (Lipinski definition) is 13. The van der Waals surface area contributed by atoms with E-state index in [1.165, 1.54) is 0 Å². The number of nitrogens with two attached hydrogens (primary N) is 4. The third-order valence-corrected chi connectivity index (χ3v) is 11.8. The fourth-order valence-corrected chi connectivity index (χ4v) is 8.19.